The van der Waals surface area contributed by atoms with Gasteiger partial charge in [-0.2, -0.15) is 17.4 Å². The van der Waals surface area contributed by atoms with E-state index < -0.39 is 10.2 Å². The molecule has 0 bridgehead atoms. The van der Waals surface area contributed by atoms with Crippen molar-refractivity contribution in [1.29, 1.82) is 0 Å². The van der Waals surface area contributed by atoms with Gasteiger partial charge in [0.25, 0.3) is 10.2 Å². The SMILES string of the molecule is CCCC(Cc1ccccc1)NS(=O)(=O)N(C)C1CCNCC1. The van der Waals surface area contributed by atoms with Gasteiger partial charge >= 0.3 is 0 Å². The predicted octanol–water partition coefficient (Wildman–Crippen LogP) is 1.92. The van der Waals surface area contributed by atoms with E-state index >= 15 is 0 Å². The van der Waals surface area contributed by atoms with Crippen LogP contribution < -0.4 is 10.0 Å². The highest BCUT2D eigenvalue weighted by molar-refractivity contribution is 7.87. The summed E-state index contributed by atoms with van der Waals surface area (Å²) in [6.07, 6.45) is 4.27. The number of hydrogen-bond acceptors (Lipinski definition) is 3. The van der Waals surface area contributed by atoms with Gasteiger partial charge in [0.1, 0.15) is 0 Å². The lowest BCUT2D eigenvalue weighted by Gasteiger charge is -2.32. The van der Waals surface area contributed by atoms with Gasteiger partial charge in [0, 0.05) is 19.1 Å². The molecule has 5 nitrogen and oxygen atoms in total. The summed E-state index contributed by atoms with van der Waals surface area (Å²) >= 11 is 0. The molecule has 1 saturated heterocycles. The van der Waals surface area contributed by atoms with Crippen molar-refractivity contribution in [3.8, 4) is 0 Å². The molecule has 1 heterocycles. The van der Waals surface area contributed by atoms with Gasteiger partial charge in [-0.1, -0.05) is 43.7 Å². The van der Waals surface area contributed by atoms with Crippen molar-refractivity contribution in [2.24, 2.45) is 0 Å². The zero-order chi connectivity index (χ0) is 16.7. The van der Waals surface area contributed by atoms with E-state index in [1.807, 2.05) is 30.3 Å². The van der Waals surface area contributed by atoms with E-state index in [4.69, 9.17) is 0 Å². The number of piperidine rings is 1. The molecule has 0 aliphatic carbocycles. The minimum Gasteiger partial charge on any atom is -0.317 e. The lowest BCUT2D eigenvalue weighted by atomic mass is 10.0. The standard InChI is InChI=1S/C17H29N3O2S/c1-3-7-16(14-15-8-5-4-6-9-15)19-23(21,22)20(2)17-10-12-18-13-11-17/h4-6,8-9,16-19H,3,7,10-14H2,1-2H3. The monoisotopic (exact) mass is 339 g/mol. The van der Waals surface area contributed by atoms with Gasteiger partial charge in [0.2, 0.25) is 0 Å². The number of nitrogens with zero attached hydrogens (tertiary/aromatic N) is 1. The van der Waals surface area contributed by atoms with Gasteiger partial charge < -0.3 is 5.32 Å². The average molecular weight is 340 g/mol. The lowest BCUT2D eigenvalue weighted by molar-refractivity contribution is 0.291. The molecule has 1 atom stereocenters. The summed E-state index contributed by atoms with van der Waals surface area (Å²) in [6.45, 7) is 3.85. The average Bonchev–Trinajstić information content (AvgIpc) is 2.56. The summed E-state index contributed by atoms with van der Waals surface area (Å²) in [5, 5.41) is 3.27. The first-order chi connectivity index (χ1) is 11.0. The molecule has 0 amide bonds. The van der Waals surface area contributed by atoms with E-state index in [0.29, 0.717) is 0 Å². The maximum atomic E-state index is 12.7. The van der Waals surface area contributed by atoms with Gasteiger partial charge in [-0.15, -0.1) is 0 Å². The highest BCUT2D eigenvalue weighted by Crippen LogP contribution is 2.15. The number of nitrogens with one attached hydrogen (secondary N) is 2. The van der Waals surface area contributed by atoms with E-state index in [0.717, 1.165) is 50.8 Å². The fraction of sp³-hybridized carbons (Fsp3) is 0.647. The van der Waals surface area contributed by atoms with Crippen LogP contribution in [0.2, 0.25) is 0 Å². The second-order valence-corrected chi connectivity index (χ2v) is 8.06. The van der Waals surface area contributed by atoms with Crippen LogP contribution in [0, 0.1) is 0 Å². The maximum absolute atomic E-state index is 12.7. The smallest absolute Gasteiger partial charge is 0.279 e. The minimum atomic E-state index is -3.45. The molecule has 1 aliphatic rings. The number of benzene rings is 1. The van der Waals surface area contributed by atoms with Gasteiger partial charge in [0.15, 0.2) is 0 Å². The van der Waals surface area contributed by atoms with Crippen molar-refractivity contribution in [2.45, 2.75) is 51.1 Å². The van der Waals surface area contributed by atoms with Crippen LogP contribution in [-0.2, 0) is 16.6 Å². The molecule has 1 fully saturated rings. The second kappa shape index (κ2) is 8.78. The molecular formula is C17H29N3O2S. The molecule has 1 unspecified atom stereocenters. The quantitative estimate of drug-likeness (QED) is 0.761. The van der Waals surface area contributed by atoms with E-state index in [1.165, 1.54) is 4.31 Å². The molecule has 0 radical (unpaired) electrons. The largest absolute Gasteiger partial charge is 0.317 e. The van der Waals surface area contributed by atoms with Gasteiger partial charge in [0.05, 0.1) is 0 Å². The minimum absolute atomic E-state index is 0.0587. The Labute approximate surface area is 140 Å². The topological polar surface area (TPSA) is 61.4 Å². The fourth-order valence-corrected chi connectivity index (χ4v) is 4.50. The molecule has 0 spiro atoms. The van der Waals surface area contributed by atoms with Crippen molar-refractivity contribution in [2.75, 3.05) is 20.1 Å². The van der Waals surface area contributed by atoms with E-state index in [-0.39, 0.29) is 12.1 Å². The normalized spacial score (nSPS) is 18.2. The summed E-state index contributed by atoms with van der Waals surface area (Å²) in [5.41, 5.74) is 1.16. The number of rotatable bonds is 8. The summed E-state index contributed by atoms with van der Waals surface area (Å²) in [7, 11) is -1.75. The molecule has 1 aliphatic heterocycles. The molecule has 2 rings (SSSR count). The van der Waals surface area contributed by atoms with Crippen molar-refractivity contribution >= 4 is 10.2 Å². The zero-order valence-corrected chi connectivity index (χ0v) is 15.0. The van der Waals surface area contributed by atoms with Crippen LogP contribution in [0.5, 0.6) is 0 Å². The third-order valence-corrected chi connectivity index (χ3v) is 6.17. The number of hydrogen-bond donors (Lipinski definition) is 2. The summed E-state index contributed by atoms with van der Waals surface area (Å²) in [5.74, 6) is 0. The van der Waals surface area contributed by atoms with E-state index in [1.54, 1.807) is 7.05 Å². The third kappa shape index (κ3) is 5.57. The molecule has 1 aromatic carbocycles. The van der Waals surface area contributed by atoms with Crippen LogP contribution in [0.3, 0.4) is 0 Å². The highest BCUT2D eigenvalue weighted by atomic mass is 32.2. The van der Waals surface area contributed by atoms with Gasteiger partial charge in [-0.3, -0.25) is 0 Å². The third-order valence-electron chi connectivity index (χ3n) is 4.48. The Morgan fingerprint density at radius 3 is 2.52 bits per heavy atom. The molecule has 0 saturated carbocycles. The van der Waals surface area contributed by atoms with Crippen molar-refractivity contribution in [3.63, 3.8) is 0 Å². The molecule has 6 heteroatoms. The van der Waals surface area contributed by atoms with Crippen LogP contribution in [0.1, 0.15) is 38.2 Å². The first-order valence-electron chi connectivity index (χ1n) is 8.53. The Balaban J connectivity index is 2.01. The van der Waals surface area contributed by atoms with E-state index in [2.05, 4.69) is 17.0 Å². The Morgan fingerprint density at radius 1 is 1.26 bits per heavy atom. The zero-order valence-electron chi connectivity index (χ0n) is 14.2. The van der Waals surface area contributed by atoms with Crippen molar-refractivity contribution in [3.05, 3.63) is 35.9 Å². The van der Waals surface area contributed by atoms with Crippen molar-refractivity contribution < 1.29 is 8.42 Å². The maximum Gasteiger partial charge on any atom is 0.279 e. The molecule has 2 N–H and O–H groups in total. The Morgan fingerprint density at radius 2 is 1.91 bits per heavy atom. The molecule has 1 aromatic rings. The van der Waals surface area contributed by atoms with Crippen LogP contribution >= 0.6 is 0 Å². The molecule has 0 aromatic heterocycles. The molecular weight excluding hydrogens is 310 g/mol. The second-order valence-electron chi connectivity index (χ2n) is 6.30. The van der Waals surface area contributed by atoms with Crippen LogP contribution in [-0.4, -0.2) is 44.9 Å². The van der Waals surface area contributed by atoms with Gasteiger partial charge in [-0.25, -0.2) is 0 Å². The van der Waals surface area contributed by atoms with Crippen LogP contribution in [0.4, 0.5) is 0 Å². The van der Waals surface area contributed by atoms with Crippen molar-refractivity contribution in [1.82, 2.24) is 14.3 Å². The van der Waals surface area contributed by atoms with Crippen LogP contribution in [0.15, 0.2) is 30.3 Å². The highest BCUT2D eigenvalue weighted by Gasteiger charge is 2.29. The molecule has 23 heavy (non-hydrogen) atoms. The fourth-order valence-electron chi connectivity index (χ4n) is 3.11. The Hall–Kier alpha value is -0.950. The Kier molecular flexibility index (Phi) is 7.02. The first-order valence-corrected chi connectivity index (χ1v) is 9.97. The summed E-state index contributed by atoms with van der Waals surface area (Å²) in [4.78, 5) is 0. The Bertz CT molecular complexity index is 556. The first kappa shape index (κ1) is 18.4. The van der Waals surface area contributed by atoms with E-state index in [9.17, 15) is 8.42 Å². The predicted molar refractivity (Wildman–Crippen MR) is 94.6 cm³/mol. The lowest BCUT2D eigenvalue weighted by Crippen LogP contribution is -2.50. The molecule has 130 valence electrons. The summed E-state index contributed by atoms with van der Waals surface area (Å²) in [6, 6.07) is 10.1. The van der Waals surface area contributed by atoms with Crippen LogP contribution in [0.25, 0.3) is 0 Å². The van der Waals surface area contributed by atoms with Gasteiger partial charge in [-0.05, 0) is 44.3 Å². The summed E-state index contributed by atoms with van der Waals surface area (Å²) < 4.78 is 29.8.